The van der Waals surface area contributed by atoms with Gasteiger partial charge in [0.2, 0.25) is 10.0 Å². The number of rotatable bonds is 6. The normalized spacial score (nSPS) is 14.1. The van der Waals surface area contributed by atoms with Crippen LogP contribution < -0.4 is 20.8 Å². The maximum Gasteiger partial charge on any atom is 0.279 e. The number of sulfonamides is 1. The SMILES string of the molecule is NC(=S)N(/N=C1\C(=O)N(Cc2ccccc2)c2ccc([N+](=O)[O-])cc21)c1cccc(S(N)(=O)=O)c1. The van der Waals surface area contributed by atoms with Gasteiger partial charge in [-0.05, 0) is 42.0 Å². The highest BCUT2D eigenvalue weighted by atomic mass is 32.2. The van der Waals surface area contributed by atoms with E-state index in [2.05, 4.69) is 5.10 Å². The summed E-state index contributed by atoms with van der Waals surface area (Å²) in [5, 5.41) is 21.6. The molecule has 4 rings (SSSR count). The van der Waals surface area contributed by atoms with Crippen LogP contribution in [0.2, 0.25) is 0 Å². The fourth-order valence-electron chi connectivity index (χ4n) is 3.56. The zero-order valence-electron chi connectivity index (χ0n) is 17.9. The first-order valence-corrected chi connectivity index (χ1v) is 12.0. The Morgan fingerprint density at radius 1 is 1.09 bits per heavy atom. The number of primary sulfonamides is 1. The summed E-state index contributed by atoms with van der Waals surface area (Å²) in [6, 6.07) is 18.6. The highest BCUT2D eigenvalue weighted by molar-refractivity contribution is 7.89. The van der Waals surface area contributed by atoms with Gasteiger partial charge < -0.3 is 10.6 Å². The zero-order chi connectivity index (χ0) is 25.3. The number of hydrogen-bond donors (Lipinski definition) is 2. The van der Waals surface area contributed by atoms with E-state index in [-0.39, 0.29) is 39.2 Å². The lowest BCUT2D eigenvalue weighted by Gasteiger charge is -2.19. The van der Waals surface area contributed by atoms with Crippen molar-refractivity contribution in [1.82, 2.24) is 0 Å². The molecule has 1 heterocycles. The van der Waals surface area contributed by atoms with E-state index >= 15 is 0 Å². The summed E-state index contributed by atoms with van der Waals surface area (Å²) in [6.07, 6.45) is 0. The number of anilines is 2. The van der Waals surface area contributed by atoms with Crippen molar-refractivity contribution in [1.29, 1.82) is 0 Å². The molecule has 3 aromatic rings. The van der Waals surface area contributed by atoms with E-state index in [1.54, 1.807) is 0 Å². The lowest BCUT2D eigenvalue weighted by molar-refractivity contribution is -0.384. The second kappa shape index (κ2) is 9.21. The molecule has 1 aliphatic rings. The molecule has 13 heteroatoms. The molecule has 0 atom stereocenters. The number of carbonyl (C=O) groups excluding carboxylic acids is 1. The summed E-state index contributed by atoms with van der Waals surface area (Å²) in [5.74, 6) is -0.534. The third kappa shape index (κ3) is 4.87. The summed E-state index contributed by atoms with van der Waals surface area (Å²) in [7, 11) is -4.04. The topological polar surface area (TPSA) is 165 Å². The number of nitro groups is 1. The summed E-state index contributed by atoms with van der Waals surface area (Å²) in [5.41, 5.74) is 7.07. The maximum absolute atomic E-state index is 13.5. The molecule has 1 aliphatic heterocycles. The zero-order valence-corrected chi connectivity index (χ0v) is 19.6. The first kappa shape index (κ1) is 23.9. The largest absolute Gasteiger partial charge is 0.374 e. The number of thiocarbonyl (C=S) groups is 1. The lowest BCUT2D eigenvalue weighted by atomic mass is 10.1. The molecule has 1 amide bonds. The number of fused-ring (bicyclic) bond motifs is 1. The standard InChI is InChI=1S/C22H18N6O5S2/c23-22(34)27(15-7-4-8-17(11-15)35(24,32)33)25-20-18-12-16(28(30)31)9-10-19(18)26(21(20)29)13-14-5-2-1-3-6-14/h1-12H,13H2,(H2,23,34)(H2,24,32,33)/b25-20-. The molecular formula is C22H18N6O5S2. The molecule has 0 bridgehead atoms. The van der Waals surface area contributed by atoms with Gasteiger partial charge >= 0.3 is 0 Å². The third-order valence-electron chi connectivity index (χ3n) is 5.17. The number of amides is 1. The first-order chi connectivity index (χ1) is 16.6. The van der Waals surface area contributed by atoms with Gasteiger partial charge in [-0.1, -0.05) is 36.4 Å². The molecule has 35 heavy (non-hydrogen) atoms. The van der Waals surface area contributed by atoms with Crippen LogP contribution in [0.25, 0.3) is 0 Å². The molecular weight excluding hydrogens is 492 g/mol. The van der Waals surface area contributed by atoms with Gasteiger partial charge in [0.1, 0.15) is 0 Å². The Morgan fingerprint density at radius 3 is 2.43 bits per heavy atom. The van der Waals surface area contributed by atoms with Crippen LogP contribution in [0.15, 0.2) is 82.8 Å². The van der Waals surface area contributed by atoms with E-state index in [4.69, 9.17) is 23.1 Å². The van der Waals surface area contributed by atoms with Crippen LogP contribution in [0.1, 0.15) is 11.1 Å². The molecule has 0 saturated heterocycles. The molecule has 0 spiro atoms. The molecule has 0 aromatic heterocycles. The van der Waals surface area contributed by atoms with Gasteiger partial charge in [0, 0.05) is 17.7 Å². The minimum atomic E-state index is -4.04. The number of hydrogen-bond acceptors (Lipinski definition) is 7. The molecule has 3 aromatic carbocycles. The summed E-state index contributed by atoms with van der Waals surface area (Å²) in [6.45, 7) is 0.192. The lowest BCUT2D eigenvalue weighted by Crippen LogP contribution is -2.35. The molecule has 4 N–H and O–H groups in total. The number of nitrogens with zero attached hydrogens (tertiary/aromatic N) is 4. The molecule has 0 radical (unpaired) electrons. The third-order valence-corrected chi connectivity index (χ3v) is 6.25. The van der Waals surface area contributed by atoms with Gasteiger partial charge in [-0.2, -0.15) is 5.10 Å². The number of carbonyl (C=O) groups is 1. The Kier molecular flexibility index (Phi) is 6.30. The molecule has 0 aliphatic carbocycles. The quantitative estimate of drug-likeness (QED) is 0.289. The Morgan fingerprint density at radius 2 is 1.80 bits per heavy atom. The summed E-state index contributed by atoms with van der Waals surface area (Å²) >= 11 is 5.09. The second-order valence-electron chi connectivity index (χ2n) is 7.48. The average molecular weight is 511 g/mol. The predicted octanol–water partition coefficient (Wildman–Crippen LogP) is 2.24. The van der Waals surface area contributed by atoms with Gasteiger partial charge in [0.05, 0.1) is 27.7 Å². The van der Waals surface area contributed by atoms with Crippen LogP contribution in [-0.2, 0) is 21.4 Å². The first-order valence-electron chi connectivity index (χ1n) is 10.0. The smallest absolute Gasteiger partial charge is 0.279 e. The second-order valence-corrected chi connectivity index (χ2v) is 9.46. The molecule has 0 saturated carbocycles. The Bertz CT molecular complexity index is 1490. The maximum atomic E-state index is 13.5. The number of non-ortho nitro benzene ring substituents is 1. The van der Waals surface area contributed by atoms with Crippen LogP contribution in [0, 0.1) is 10.1 Å². The van der Waals surface area contributed by atoms with Crippen LogP contribution >= 0.6 is 12.2 Å². The average Bonchev–Trinajstić information content (AvgIpc) is 3.07. The molecule has 0 fully saturated rings. The van der Waals surface area contributed by atoms with Crippen molar-refractivity contribution in [2.24, 2.45) is 16.0 Å². The van der Waals surface area contributed by atoms with Crippen molar-refractivity contribution in [3.05, 3.63) is 94.0 Å². The Balaban J connectivity index is 1.85. The van der Waals surface area contributed by atoms with Crippen molar-refractivity contribution in [3.63, 3.8) is 0 Å². The van der Waals surface area contributed by atoms with Crippen molar-refractivity contribution in [3.8, 4) is 0 Å². The number of hydrazone groups is 1. The Labute approximate surface area is 205 Å². The van der Waals surface area contributed by atoms with E-state index < -0.39 is 20.9 Å². The molecule has 0 unspecified atom stereocenters. The Hall–Kier alpha value is -4.20. The predicted molar refractivity (Wildman–Crippen MR) is 134 cm³/mol. The van der Waals surface area contributed by atoms with E-state index in [0.717, 1.165) is 10.6 Å². The molecule has 11 nitrogen and oxygen atoms in total. The fraction of sp³-hybridized carbons (Fsp3) is 0.0455. The van der Waals surface area contributed by atoms with E-state index in [1.165, 1.54) is 47.4 Å². The molecule has 178 valence electrons. The van der Waals surface area contributed by atoms with Gasteiger partial charge in [-0.15, -0.1) is 0 Å². The number of benzene rings is 3. The van der Waals surface area contributed by atoms with Gasteiger partial charge in [0.15, 0.2) is 10.8 Å². The van der Waals surface area contributed by atoms with Crippen LogP contribution in [0.5, 0.6) is 0 Å². The number of nitro benzene ring substituents is 1. The van der Waals surface area contributed by atoms with Crippen LogP contribution in [0.3, 0.4) is 0 Å². The van der Waals surface area contributed by atoms with E-state index in [1.807, 2.05) is 30.3 Å². The monoisotopic (exact) mass is 510 g/mol. The fourth-order valence-corrected chi connectivity index (χ4v) is 4.26. The summed E-state index contributed by atoms with van der Waals surface area (Å²) < 4.78 is 23.6. The van der Waals surface area contributed by atoms with Crippen molar-refractivity contribution < 1.29 is 18.1 Å². The van der Waals surface area contributed by atoms with Gasteiger partial charge in [-0.3, -0.25) is 14.9 Å². The van der Waals surface area contributed by atoms with E-state index in [9.17, 15) is 23.3 Å². The van der Waals surface area contributed by atoms with Crippen molar-refractivity contribution in [2.45, 2.75) is 11.4 Å². The minimum Gasteiger partial charge on any atom is -0.374 e. The minimum absolute atomic E-state index is 0.137. The highest BCUT2D eigenvalue weighted by Gasteiger charge is 2.36. The number of nitrogens with two attached hydrogens (primary N) is 2. The van der Waals surface area contributed by atoms with Crippen molar-refractivity contribution in [2.75, 3.05) is 9.91 Å². The van der Waals surface area contributed by atoms with Crippen molar-refractivity contribution >= 4 is 56.0 Å². The van der Waals surface area contributed by atoms with Gasteiger partial charge in [0.25, 0.3) is 11.6 Å². The summed E-state index contributed by atoms with van der Waals surface area (Å²) in [4.78, 5) is 25.5. The highest BCUT2D eigenvalue weighted by Crippen LogP contribution is 2.34. The van der Waals surface area contributed by atoms with Crippen LogP contribution in [-0.4, -0.2) is 30.1 Å². The van der Waals surface area contributed by atoms with Crippen LogP contribution in [0.4, 0.5) is 17.1 Å². The van der Waals surface area contributed by atoms with Gasteiger partial charge in [-0.25, -0.2) is 18.6 Å². The van der Waals surface area contributed by atoms with E-state index in [0.29, 0.717) is 5.69 Å².